The van der Waals surface area contributed by atoms with Gasteiger partial charge in [-0.05, 0) is 12.1 Å². The maximum atomic E-state index is 11.9. The van der Waals surface area contributed by atoms with Gasteiger partial charge < -0.3 is 2.85 Å². The van der Waals surface area contributed by atoms with Gasteiger partial charge in [-0.1, -0.05) is 18.2 Å². The minimum atomic E-state index is -0.178. The van der Waals surface area contributed by atoms with Gasteiger partial charge in [0.15, 0.2) is 0 Å². The molecular weight excluding hydrogens is 179 g/mol. The summed E-state index contributed by atoms with van der Waals surface area (Å²) in [5, 5.41) is 0. The first-order chi connectivity index (χ1) is 3.39. The van der Waals surface area contributed by atoms with Gasteiger partial charge in [0.25, 0.3) is 0 Å². The van der Waals surface area contributed by atoms with Crippen LogP contribution in [0.2, 0.25) is 0 Å². The molecule has 0 bridgehead atoms. The zero-order chi connectivity index (χ0) is 5.11. The first kappa shape index (κ1) is 12.1. The Bertz CT molecular complexity index is 151. The van der Waals surface area contributed by atoms with Crippen LogP contribution >= 0.6 is 0 Å². The summed E-state index contributed by atoms with van der Waals surface area (Å²) in [6, 6.07) is 7.94. The molecule has 1 aromatic carbocycles. The number of rotatable bonds is 0. The molecule has 0 amide bonds. The number of benzene rings is 1. The Morgan fingerprint density at radius 2 is 1.56 bits per heavy atom. The van der Waals surface area contributed by atoms with Crippen LogP contribution in [0, 0.1) is 5.82 Å². The summed E-state index contributed by atoms with van der Waals surface area (Å²) in [6.45, 7) is 0. The Hall–Kier alpha value is 0.436. The molecule has 0 atom stereocenters. The second kappa shape index (κ2) is 6.55. The predicted octanol–water partition coefficient (Wildman–Crippen LogP) is 1.67. The third-order valence-electron chi connectivity index (χ3n) is 0.733. The van der Waals surface area contributed by atoms with Crippen LogP contribution in [0.25, 0.3) is 0 Å². The summed E-state index contributed by atoms with van der Waals surface area (Å²) in [5.74, 6) is -0.178. The van der Waals surface area contributed by atoms with Crippen LogP contribution in [-0.2, 0) is 17.1 Å². The molecule has 0 aliphatic heterocycles. The molecule has 0 spiro atoms. The van der Waals surface area contributed by atoms with Gasteiger partial charge in [-0.3, -0.25) is 0 Å². The molecule has 0 aromatic heterocycles. The Kier molecular flexibility index (Phi) is 8.84. The molecule has 51 valence electrons. The monoisotopic (exact) mass is 185 g/mol. The van der Waals surface area contributed by atoms with Crippen LogP contribution in [0.15, 0.2) is 30.3 Å². The maximum absolute atomic E-state index is 11.9. The van der Waals surface area contributed by atoms with Crippen LogP contribution in [0.5, 0.6) is 0 Å². The van der Waals surface area contributed by atoms with Crippen molar-refractivity contribution < 1.29 is 24.3 Å². The van der Waals surface area contributed by atoms with Gasteiger partial charge in [-0.15, -0.1) is 0 Å². The summed E-state index contributed by atoms with van der Waals surface area (Å²) in [6.07, 6.45) is 0. The zero-order valence-corrected chi connectivity index (χ0v) is 7.13. The van der Waals surface area contributed by atoms with Crippen molar-refractivity contribution in [3.05, 3.63) is 36.1 Å². The molecule has 9 heavy (non-hydrogen) atoms. The Balaban J connectivity index is -0.0000000612. The second-order valence-electron chi connectivity index (χ2n) is 1.30. The van der Waals surface area contributed by atoms with Crippen molar-refractivity contribution in [3.8, 4) is 0 Å². The van der Waals surface area contributed by atoms with Crippen molar-refractivity contribution in [2.24, 2.45) is 0 Å². The van der Waals surface area contributed by atoms with Crippen LogP contribution < -0.4 is 0 Å². The van der Waals surface area contributed by atoms with Gasteiger partial charge in [0.2, 0.25) is 0 Å². The summed E-state index contributed by atoms with van der Waals surface area (Å²) >= 11 is 0. The summed E-state index contributed by atoms with van der Waals surface area (Å²) < 4.78 is 11.9. The Labute approximate surface area is 83.4 Å². The Morgan fingerprint density at radius 3 is 1.78 bits per heavy atom. The van der Waals surface area contributed by atoms with E-state index in [1.807, 2.05) is 0 Å². The van der Waals surface area contributed by atoms with E-state index in [1.54, 1.807) is 18.2 Å². The molecule has 3 heteroatoms. The summed E-state index contributed by atoms with van der Waals surface area (Å²) in [5.41, 5.74) is 0. The molecule has 0 aliphatic rings. The average Bonchev–Trinajstić information content (AvgIpc) is 1.69. The molecule has 0 N–H and O–H groups in total. The third kappa shape index (κ3) is 4.91. The van der Waals surface area contributed by atoms with Gasteiger partial charge in [-0.25, -0.2) is 4.39 Å². The fourth-order valence-corrected chi connectivity index (χ4v) is 0.415. The molecule has 1 rings (SSSR count). The summed E-state index contributed by atoms with van der Waals surface area (Å²) in [7, 11) is 0. The molecule has 0 nitrogen and oxygen atoms in total. The molecular formula is C6H7CuFMg. The molecule has 0 unspecified atom stereocenters. The van der Waals surface area contributed by atoms with E-state index in [2.05, 4.69) is 0 Å². The molecule has 0 aliphatic carbocycles. The van der Waals surface area contributed by atoms with Crippen molar-refractivity contribution in [1.29, 1.82) is 0 Å². The average molecular weight is 186 g/mol. The van der Waals surface area contributed by atoms with E-state index in [1.165, 1.54) is 12.1 Å². The SMILES string of the molecule is Fc1ccccc1.[Cu].[H-].[H-].[Mg+2]. The zero-order valence-electron chi connectivity index (χ0n) is 6.77. The van der Waals surface area contributed by atoms with E-state index >= 15 is 0 Å². The molecule has 1 aromatic rings. The largest absolute Gasteiger partial charge is 2.00 e. The first-order valence-electron chi connectivity index (χ1n) is 2.10. The number of hydrogen-bond donors (Lipinski definition) is 0. The number of halogens is 1. The predicted molar refractivity (Wildman–Crippen MR) is 34.4 cm³/mol. The topological polar surface area (TPSA) is 0 Å². The quantitative estimate of drug-likeness (QED) is 0.540. The van der Waals surface area contributed by atoms with Gasteiger partial charge in [0, 0.05) is 17.1 Å². The first-order valence-corrected chi connectivity index (χ1v) is 2.10. The minimum Gasteiger partial charge on any atom is -1.00 e. The fourth-order valence-electron chi connectivity index (χ4n) is 0.415. The number of hydrogen-bond acceptors (Lipinski definition) is 0. The van der Waals surface area contributed by atoms with Crippen LogP contribution in [0.1, 0.15) is 2.85 Å². The van der Waals surface area contributed by atoms with E-state index in [9.17, 15) is 4.39 Å². The van der Waals surface area contributed by atoms with Crippen molar-refractivity contribution in [2.75, 3.05) is 0 Å². The minimum absolute atomic E-state index is 0. The van der Waals surface area contributed by atoms with Crippen molar-refractivity contribution in [2.45, 2.75) is 0 Å². The van der Waals surface area contributed by atoms with Crippen molar-refractivity contribution >= 4 is 23.1 Å². The van der Waals surface area contributed by atoms with E-state index in [0.717, 1.165) is 0 Å². The molecule has 0 saturated heterocycles. The maximum Gasteiger partial charge on any atom is 2.00 e. The smallest absolute Gasteiger partial charge is 1.00 e. The molecule has 0 saturated carbocycles. The molecule has 0 heterocycles. The van der Waals surface area contributed by atoms with Gasteiger partial charge in [0.05, 0.1) is 0 Å². The fraction of sp³-hybridized carbons (Fsp3) is 0. The van der Waals surface area contributed by atoms with E-state index < -0.39 is 0 Å². The Morgan fingerprint density at radius 1 is 1.11 bits per heavy atom. The van der Waals surface area contributed by atoms with E-state index in [-0.39, 0.29) is 48.8 Å². The molecule has 0 fully saturated rings. The standard InChI is InChI=1S/C6H5F.Cu.Mg.2H/c7-6-4-2-1-3-5-6;;;;/h1-5H;;;;/q;;+2;2*-1. The third-order valence-corrected chi connectivity index (χ3v) is 0.733. The normalized spacial score (nSPS) is 6.78. The second-order valence-corrected chi connectivity index (χ2v) is 1.30. The van der Waals surface area contributed by atoms with Crippen LogP contribution in [-0.4, -0.2) is 23.1 Å². The van der Waals surface area contributed by atoms with E-state index in [0.29, 0.717) is 0 Å². The van der Waals surface area contributed by atoms with Crippen molar-refractivity contribution in [3.63, 3.8) is 0 Å². The summed E-state index contributed by atoms with van der Waals surface area (Å²) in [4.78, 5) is 0. The van der Waals surface area contributed by atoms with Crippen LogP contribution in [0.4, 0.5) is 4.39 Å². The van der Waals surface area contributed by atoms with Gasteiger partial charge in [0.1, 0.15) is 5.82 Å². The van der Waals surface area contributed by atoms with Crippen molar-refractivity contribution in [1.82, 2.24) is 0 Å². The van der Waals surface area contributed by atoms with Crippen LogP contribution in [0.3, 0.4) is 0 Å². The molecule has 1 radical (unpaired) electrons. The van der Waals surface area contributed by atoms with Gasteiger partial charge >= 0.3 is 23.1 Å². The van der Waals surface area contributed by atoms with E-state index in [4.69, 9.17) is 0 Å². The van der Waals surface area contributed by atoms with Gasteiger partial charge in [-0.2, -0.15) is 0 Å².